The Kier molecular flexibility index (Phi) is 5.00. The molecule has 0 saturated carbocycles. The number of nitrogens with two attached hydrogens (primary N) is 1. The van der Waals surface area contributed by atoms with Gasteiger partial charge in [0.05, 0.1) is 18.7 Å². The number of ether oxygens (including phenoxy) is 1. The van der Waals surface area contributed by atoms with E-state index in [-0.39, 0.29) is 5.84 Å². The summed E-state index contributed by atoms with van der Waals surface area (Å²) in [6.07, 6.45) is 0. The number of methoxy groups -OCH3 is 1. The van der Waals surface area contributed by atoms with Gasteiger partial charge in [-0.25, -0.2) is 0 Å². The Bertz CT molecular complexity index is 517. The zero-order valence-electron chi connectivity index (χ0n) is 10.9. The monoisotopic (exact) mass is 285 g/mol. The predicted molar refractivity (Wildman–Crippen MR) is 73.9 cm³/mol. The second-order valence-corrected chi connectivity index (χ2v) is 4.44. The van der Waals surface area contributed by atoms with Crippen LogP contribution in [0.3, 0.4) is 0 Å². The number of nitrogens with zero attached hydrogens (tertiary/aromatic N) is 1. The van der Waals surface area contributed by atoms with Gasteiger partial charge in [-0.05, 0) is 25.5 Å². The topological polar surface area (TPSA) is 96.9 Å². The summed E-state index contributed by atoms with van der Waals surface area (Å²) in [6, 6.07) is 3.30. The molecule has 1 aromatic carbocycles. The van der Waals surface area contributed by atoms with Crippen molar-refractivity contribution in [1.29, 1.82) is 0 Å². The molecule has 0 aromatic heterocycles. The van der Waals surface area contributed by atoms with Gasteiger partial charge in [0.1, 0.15) is 5.75 Å². The number of anilines is 1. The average Bonchev–Trinajstić information content (AvgIpc) is 2.40. The van der Waals surface area contributed by atoms with E-state index in [1.54, 1.807) is 12.1 Å². The van der Waals surface area contributed by atoms with E-state index >= 15 is 0 Å². The molecule has 0 spiro atoms. The molecule has 0 bridgehead atoms. The number of halogens is 1. The van der Waals surface area contributed by atoms with E-state index in [4.69, 9.17) is 27.3 Å². The van der Waals surface area contributed by atoms with Crippen molar-refractivity contribution < 1.29 is 14.7 Å². The molecular formula is C12H16ClN3O3. The van der Waals surface area contributed by atoms with Crippen LogP contribution in [0.15, 0.2) is 17.3 Å². The van der Waals surface area contributed by atoms with E-state index in [2.05, 4.69) is 10.5 Å². The fourth-order valence-corrected chi connectivity index (χ4v) is 1.55. The van der Waals surface area contributed by atoms with Crippen molar-refractivity contribution in [3.63, 3.8) is 0 Å². The maximum Gasteiger partial charge on any atom is 0.235 e. The van der Waals surface area contributed by atoms with Gasteiger partial charge in [0.25, 0.3) is 0 Å². The van der Waals surface area contributed by atoms with Crippen LogP contribution in [-0.2, 0) is 4.79 Å². The highest BCUT2D eigenvalue weighted by molar-refractivity contribution is 6.31. The maximum absolute atomic E-state index is 11.9. The van der Waals surface area contributed by atoms with Crippen LogP contribution in [0.4, 0.5) is 5.69 Å². The normalized spacial score (nSPS) is 12.9. The molecule has 7 heteroatoms. The fraction of sp³-hybridized carbons (Fsp3) is 0.333. The van der Waals surface area contributed by atoms with Gasteiger partial charge in [-0.3, -0.25) is 4.79 Å². The largest absolute Gasteiger partial charge is 0.495 e. The van der Waals surface area contributed by atoms with Crippen molar-refractivity contribution in [1.82, 2.24) is 0 Å². The van der Waals surface area contributed by atoms with Crippen molar-refractivity contribution in [2.45, 2.75) is 13.8 Å². The fourth-order valence-electron chi connectivity index (χ4n) is 1.39. The van der Waals surface area contributed by atoms with Crippen LogP contribution in [0.25, 0.3) is 0 Å². The minimum absolute atomic E-state index is 0.165. The molecule has 1 atom stereocenters. The molecule has 0 fully saturated rings. The van der Waals surface area contributed by atoms with Crippen molar-refractivity contribution in [2.24, 2.45) is 16.8 Å². The van der Waals surface area contributed by atoms with E-state index in [0.717, 1.165) is 5.56 Å². The van der Waals surface area contributed by atoms with Crippen LogP contribution in [0, 0.1) is 12.8 Å². The Balaban J connectivity index is 2.99. The third kappa shape index (κ3) is 3.51. The summed E-state index contributed by atoms with van der Waals surface area (Å²) < 4.78 is 5.14. The average molecular weight is 286 g/mol. The Hall–Kier alpha value is -1.95. The molecule has 0 aliphatic carbocycles. The number of rotatable bonds is 4. The molecule has 4 N–H and O–H groups in total. The number of nitrogens with one attached hydrogen (secondary N) is 1. The Morgan fingerprint density at radius 3 is 2.74 bits per heavy atom. The molecule has 0 saturated heterocycles. The van der Waals surface area contributed by atoms with Gasteiger partial charge in [0.15, 0.2) is 5.84 Å². The summed E-state index contributed by atoms with van der Waals surface area (Å²) in [6.45, 7) is 3.34. The van der Waals surface area contributed by atoms with E-state index in [1.807, 2.05) is 6.92 Å². The van der Waals surface area contributed by atoms with Gasteiger partial charge in [-0.2, -0.15) is 0 Å². The van der Waals surface area contributed by atoms with Crippen LogP contribution >= 0.6 is 11.6 Å². The van der Waals surface area contributed by atoms with E-state index < -0.39 is 11.8 Å². The molecule has 1 aromatic rings. The second kappa shape index (κ2) is 6.29. The first-order chi connectivity index (χ1) is 8.90. The number of hydrogen-bond donors (Lipinski definition) is 3. The molecule has 1 rings (SSSR count). The van der Waals surface area contributed by atoms with Crippen LogP contribution in [-0.4, -0.2) is 24.1 Å². The second-order valence-electron chi connectivity index (χ2n) is 4.04. The molecule has 0 radical (unpaired) electrons. The molecule has 0 aliphatic heterocycles. The number of amides is 1. The lowest BCUT2D eigenvalue weighted by Crippen LogP contribution is -2.32. The summed E-state index contributed by atoms with van der Waals surface area (Å²) in [5, 5.41) is 14.5. The van der Waals surface area contributed by atoms with Crippen molar-refractivity contribution in [3.8, 4) is 5.75 Å². The molecule has 1 amide bonds. The predicted octanol–water partition coefficient (Wildman–Crippen LogP) is 1.98. The van der Waals surface area contributed by atoms with Crippen LogP contribution in [0.5, 0.6) is 5.75 Å². The molecule has 1 unspecified atom stereocenters. The molecule has 0 aliphatic rings. The number of amidine groups is 1. The van der Waals surface area contributed by atoms with Gasteiger partial charge < -0.3 is 21.0 Å². The quantitative estimate of drug-likeness (QED) is 0.341. The summed E-state index contributed by atoms with van der Waals surface area (Å²) in [4.78, 5) is 11.9. The Morgan fingerprint density at radius 2 is 2.21 bits per heavy atom. The summed E-state index contributed by atoms with van der Waals surface area (Å²) in [7, 11) is 1.48. The highest BCUT2D eigenvalue weighted by Gasteiger charge is 2.19. The molecule has 6 nitrogen and oxygen atoms in total. The first-order valence-corrected chi connectivity index (χ1v) is 5.91. The summed E-state index contributed by atoms with van der Waals surface area (Å²) >= 11 is 5.97. The summed E-state index contributed by atoms with van der Waals surface area (Å²) in [5.74, 6) is -0.890. The first kappa shape index (κ1) is 15.1. The van der Waals surface area contributed by atoms with E-state index in [1.165, 1.54) is 14.0 Å². The Labute approximate surface area is 116 Å². The van der Waals surface area contributed by atoms with Crippen LogP contribution in [0.1, 0.15) is 12.5 Å². The summed E-state index contributed by atoms with van der Waals surface area (Å²) in [5.41, 5.74) is 6.66. The third-order valence-electron chi connectivity index (χ3n) is 2.69. The minimum Gasteiger partial charge on any atom is -0.495 e. The standard InChI is InChI=1S/C12H16ClN3O3/c1-6-4-9(10(19-3)5-8(6)13)15-12(17)7(2)11(14)16-18/h4-5,7,18H,1-3H3,(H2,14,16)(H,15,17). The lowest BCUT2D eigenvalue weighted by molar-refractivity contribution is -0.117. The van der Waals surface area contributed by atoms with Gasteiger partial charge in [-0.15, -0.1) is 0 Å². The number of carbonyl (C=O) groups excluding carboxylic acids is 1. The lowest BCUT2D eigenvalue weighted by Gasteiger charge is -2.14. The molecule has 19 heavy (non-hydrogen) atoms. The lowest BCUT2D eigenvalue weighted by atomic mass is 10.1. The number of oxime groups is 1. The highest BCUT2D eigenvalue weighted by atomic mass is 35.5. The Morgan fingerprint density at radius 1 is 1.58 bits per heavy atom. The van der Waals surface area contributed by atoms with Crippen LogP contribution in [0.2, 0.25) is 5.02 Å². The number of aryl methyl sites for hydroxylation is 1. The maximum atomic E-state index is 11.9. The van der Waals surface area contributed by atoms with Gasteiger partial charge in [0.2, 0.25) is 5.91 Å². The number of hydrogen-bond acceptors (Lipinski definition) is 4. The SMILES string of the molecule is COc1cc(Cl)c(C)cc1NC(=O)C(C)C(N)=NO. The van der Waals surface area contributed by atoms with Crippen LogP contribution < -0.4 is 15.8 Å². The molecule has 104 valence electrons. The zero-order valence-corrected chi connectivity index (χ0v) is 11.7. The third-order valence-corrected chi connectivity index (χ3v) is 3.10. The first-order valence-electron chi connectivity index (χ1n) is 5.53. The zero-order chi connectivity index (χ0) is 14.6. The minimum atomic E-state index is -0.759. The van der Waals surface area contributed by atoms with E-state index in [0.29, 0.717) is 16.5 Å². The highest BCUT2D eigenvalue weighted by Crippen LogP contribution is 2.31. The molecule has 0 heterocycles. The van der Waals surface area contributed by atoms with E-state index in [9.17, 15) is 4.79 Å². The number of benzene rings is 1. The van der Waals surface area contributed by atoms with Crippen molar-refractivity contribution in [3.05, 3.63) is 22.7 Å². The van der Waals surface area contributed by atoms with Crippen molar-refractivity contribution >= 4 is 29.0 Å². The van der Waals surface area contributed by atoms with Gasteiger partial charge >= 0.3 is 0 Å². The molecular weight excluding hydrogens is 270 g/mol. The van der Waals surface area contributed by atoms with Gasteiger partial charge in [-0.1, -0.05) is 16.8 Å². The van der Waals surface area contributed by atoms with Crippen molar-refractivity contribution in [2.75, 3.05) is 12.4 Å². The smallest absolute Gasteiger partial charge is 0.235 e. The number of carbonyl (C=O) groups is 1. The van der Waals surface area contributed by atoms with Gasteiger partial charge in [0, 0.05) is 11.1 Å².